The Kier molecular flexibility index (Phi) is 3.77. The summed E-state index contributed by atoms with van der Waals surface area (Å²) in [5.74, 6) is -0.0657. The van der Waals surface area contributed by atoms with Crippen molar-refractivity contribution in [2.75, 3.05) is 0 Å². The van der Waals surface area contributed by atoms with E-state index in [0.717, 1.165) is 21.3 Å². The summed E-state index contributed by atoms with van der Waals surface area (Å²) in [4.78, 5) is 15.7. The quantitative estimate of drug-likeness (QED) is 0.783. The fourth-order valence-corrected chi connectivity index (χ4v) is 2.41. The molecule has 22 heavy (non-hydrogen) atoms. The Morgan fingerprint density at radius 2 is 1.91 bits per heavy atom. The van der Waals surface area contributed by atoms with Gasteiger partial charge < -0.3 is 5.73 Å². The van der Waals surface area contributed by atoms with E-state index in [1.54, 1.807) is 4.68 Å². The molecule has 3 rings (SSSR count). The molecule has 3 aromatic rings. The highest BCUT2D eigenvalue weighted by atomic mass is 79.9. The van der Waals surface area contributed by atoms with Crippen LogP contribution in [0.25, 0.3) is 17.1 Å². The fraction of sp³-hybridized carbons (Fsp3) is 0.0625. The first-order chi connectivity index (χ1) is 10.5. The third-order valence-electron chi connectivity index (χ3n) is 3.18. The van der Waals surface area contributed by atoms with Crippen LogP contribution in [0.1, 0.15) is 16.2 Å². The number of hydrogen-bond acceptors (Lipinski definition) is 3. The van der Waals surface area contributed by atoms with Crippen molar-refractivity contribution in [2.45, 2.75) is 6.92 Å². The van der Waals surface area contributed by atoms with Gasteiger partial charge in [0.2, 0.25) is 5.82 Å². The molecule has 0 aliphatic heterocycles. The zero-order valence-electron chi connectivity index (χ0n) is 11.8. The van der Waals surface area contributed by atoms with Gasteiger partial charge in [0.1, 0.15) is 0 Å². The SMILES string of the molecule is Cc1cccc(-c2nc(C(N)=O)nn2-c2ccc(Br)cc2)c1. The molecule has 5 nitrogen and oxygen atoms in total. The van der Waals surface area contributed by atoms with E-state index in [0.29, 0.717) is 5.82 Å². The second-order valence-corrected chi connectivity index (χ2v) is 5.80. The van der Waals surface area contributed by atoms with E-state index in [9.17, 15) is 4.79 Å². The minimum atomic E-state index is -0.648. The van der Waals surface area contributed by atoms with Crippen molar-refractivity contribution in [3.8, 4) is 17.1 Å². The molecule has 0 atom stereocenters. The van der Waals surface area contributed by atoms with Crippen molar-refractivity contribution in [1.29, 1.82) is 0 Å². The van der Waals surface area contributed by atoms with Gasteiger partial charge in [-0.3, -0.25) is 4.79 Å². The van der Waals surface area contributed by atoms with E-state index in [2.05, 4.69) is 26.0 Å². The van der Waals surface area contributed by atoms with Crippen LogP contribution in [-0.4, -0.2) is 20.7 Å². The Morgan fingerprint density at radius 1 is 1.18 bits per heavy atom. The highest BCUT2D eigenvalue weighted by Crippen LogP contribution is 2.23. The van der Waals surface area contributed by atoms with E-state index >= 15 is 0 Å². The van der Waals surface area contributed by atoms with Crippen molar-refractivity contribution >= 4 is 21.8 Å². The Hall–Kier alpha value is -2.47. The zero-order chi connectivity index (χ0) is 15.7. The Morgan fingerprint density at radius 3 is 2.55 bits per heavy atom. The molecule has 0 unspecified atom stereocenters. The monoisotopic (exact) mass is 356 g/mol. The Labute approximate surface area is 135 Å². The number of primary amides is 1. The molecule has 0 saturated heterocycles. The molecule has 0 bridgehead atoms. The summed E-state index contributed by atoms with van der Waals surface area (Å²) < 4.78 is 2.59. The van der Waals surface area contributed by atoms with E-state index in [1.165, 1.54) is 0 Å². The highest BCUT2D eigenvalue weighted by Gasteiger charge is 2.16. The highest BCUT2D eigenvalue weighted by molar-refractivity contribution is 9.10. The molecule has 2 aromatic carbocycles. The number of hydrogen-bond donors (Lipinski definition) is 1. The molecule has 6 heteroatoms. The van der Waals surface area contributed by atoms with Gasteiger partial charge >= 0.3 is 0 Å². The predicted molar refractivity (Wildman–Crippen MR) is 87.7 cm³/mol. The van der Waals surface area contributed by atoms with Crippen molar-refractivity contribution in [3.05, 3.63) is 64.4 Å². The number of amides is 1. The number of rotatable bonds is 3. The van der Waals surface area contributed by atoms with Crippen molar-refractivity contribution in [3.63, 3.8) is 0 Å². The molecular weight excluding hydrogens is 344 g/mol. The number of halogens is 1. The van der Waals surface area contributed by atoms with Gasteiger partial charge in [0, 0.05) is 10.0 Å². The molecule has 0 aliphatic rings. The number of nitrogens with zero attached hydrogens (tertiary/aromatic N) is 3. The van der Waals surface area contributed by atoms with Crippen molar-refractivity contribution in [1.82, 2.24) is 14.8 Å². The van der Waals surface area contributed by atoms with E-state index < -0.39 is 5.91 Å². The average Bonchev–Trinajstić information content (AvgIpc) is 2.93. The number of nitrogens with two attached hydrogens (primary N) is 1. The molecule has 0 spiro atoms. The van der Waals surface area contributed by atoms with Gasteiger partial charge in [-0.15, -0.1) is 5.10 Å². The van der Waals surface area contributed by atoms with Crippen molar-refractivity contribution in [2.24, 2.45) is 5.73 Å². The number of aryl methyl sites for hydroxylation is 1. The maximum Gasteiger partial charge on any atom is 0.288 e. The summed E-state index contributed by atoms with van der Waals surface area (Å²) in [6.45, 7) is 2.00. The lowest BCUT2D eigenvalue weighted by Gasteiger charge is -2.06. The number of carbonyl (C=O) groups is 1. The topological polar surface area (TPSA) is 73.8 Å². The maximum atomic E-state index is 11.4. The summed E-state index contributed by atoms with van der Waals surface area (Å²) in [5.41, 5.74) is 8.10. The second kappa shape index (κ2) is 5.73. The first-order valence-corrected chi connectivity index (χ1v) is 7.44. The van der Waals surface area contributed by atoms with Crippen LogP contribution in [0.2, 0.25) is 0 Å². The lowest BCUT2D eigenvalue weighted by Crippen LogP contribution is -2.13. The maximum absolute atomic E-state index is 11.4. The predicted octanol–water partition coefficient (Wildman–Crippen LogP) is 3.10. The van der Waals surface area contributed by atoms with Crippen LogP contribution >= 0.6 is 15.9 Å². The van der Waals surface area contributed by atoms with Crippen LogP contribution in [0.5, 0.6) is 0 Å². The number of carbonyl (C=O) groups excluding carboxylic acids is 1. The molecule has 2 N–H and O–H groups in total. The first-order valence-electron chi connectivity index (χ1n) is 6.64. The smallest absolute Gasteiger partial charge is 0.288 e. The second-order valence-electron chi connectivity index (χ2n) is 4.88. The van der Waals surface area contributed by atoms with Gasteiger partial charge in [-0.05, 0) is 37.3 Å². The molecule has 0 fully saturated rings. The van der Waals surface area contributed by atoms with Crippen molar-refractivity contribution < 1.29 is 4.79 Å². The fourth-order valence-electron chi connectivity index (χ4n) is 2.15. The van der Waals surface area contributed by atoms with Crippen LogP contribution in [0.15, 0.2) is 53.0 Å². The molecular formula is C16H13BrN4O. The van der Waals surface area contributed by atoms with Gasteiger partial charge in [0.15, 0.2) is 5.82 Å². The summed E-state index contributed by atoms with van der Waals surface area (Å²) in [6, 6.07) is 15.4. The normalized spacial score (nSPS) is 10.6. The van der Waals surface area contributed by atoms with Crippen LogP contribution in [0.3, 0.4) is 0 Å². The minimum absolute atomic E-state index is 0.000533. The number of aromatic nitrogens is 3. The Balaban J connectivity index is 2.20. The third-order valence-corrected chi connectivity index (χ3v) is 3.70. The lowest BCUT2D eigenvalue weighted by atomic mass is 10.1. The van der Waals surface area contributed by atoms with Gasteiger partial charge in [0.25, 0.3) is 5.91 Å². The molecule has 0 radical (unpaired) electrons. The summed E-state index contributed by atoms with van der Waals surface area (Å²) in [5, 5.41) is 4.23. The molecule has 1 heterocycles. The largest absolute Gasteiger partial charge is 0.363 e. The van der Waals surface area contributed by atoms with Crippen LogP contribution in [0.4, 0.5) is 0 Å². The van der Waals surface area contributed by atoms with Gasteiger partial charge in [-0.2, -0.15) is 0 Å². The molecule has 1 amide bonds. The van der Waals surface area contributed by atoms with Gasteiger partial charge in [-0.1, -0.05) is 39.7 Å². The Bertz CT molecular complexity index is 840. The first kappa shape index (κ1) is 14.5. The standard InChI is InChI=1S/C16H13BrN4O/c1-10-3-2-4-11(9-10)16-19-15(14(18)22)20-21(16)13-7-5-12(17)6-8-13/h2-9H,1H3,(H2,18,22). The van der Waals surface area contributed by atoms with E-state index in [1.807, 2.05) is 55.5 Å². The lowest BCUT2D eigenvalue weighted by molar-refractivity contribution is 0.0990. The molecule has 0 aliphatic carbocycles. The van der Waals surface area contributed by atoms with E-state index in [4.69, 9.17) is 5.73 Å². The van der Waals surface area contributed by atoms with Crippen LogP contribution < -0.4 is 5.73 Å². The molecule has 1 aromatic heterocycles. The average molecular weight is 357 g/mol. The van der Waals surface area contributed by atoms with Crippen LogP contribution in [0, 0.1) is 6.92 Å². The van der Waals surface area contributed by atoms with E-state index in [-0.39, 0.29) is 5.82 Å². The van der Waals surface area contributed by atoms with Gasteiger partial charge in [-0.25, -0.2) is 9.67 Å². The minimum Gasteiger partial charge on any atom is -0.363 e. The zero-order valence-corrected chi connectivity index (χ0v) is 13.4. The molecule has 0 saturated carbocycles. The van der Waals surface area contributed by atoms with Gasteiger partial charge in [0.05, 0.1) is 5.69 Å². The summed E-state index contributed by atoms with van der Waals surface area (Å²) in [7, 11) is 0. The summed E-state index contributed by atoms with van der Waals surface area (Å²) in [6.07, 6.45) is 0. The molecule has 110 valence electrons. The number of benzene rings is 2. The third kappa shape index (κ3) is 2.78. The van der Waals surface area contributed by atoms with Crippen LogP contribution in [-0.2, 0) is 0 Å². The summed E-state index contributed by atoms with van der Waals surface area (Å²) >= 11 is 3.40.